The van der Waals surface area contributed by atoms with Crippen molar-refractivity contribution in [3.63, 3.8) is 0 Å². The van der Waals surface area contributed by atoms with E-state index in [1.54, 1.807) is 24.1 Å². The van der Waals surface area contributed by atoms with Crippen LogP contribution in [0.2, 0.25) is 0 Å². The van der Waals surface area contributed by atoms with Crippen molar-refractivity contribution in [3.8, 4) is 17.0 Å². The van der Waals surface area contributed by atoms with Crippen molar-refractivity contribution in [1.29, 1.82) is 0 Å². The Bertz CT molecular complexity index is 1490. The number of anilines is 1. The molecule has 1 N–H and O–H groups in total. The first kappa shape index (κ1) is 20.6. The third-order valence-electron chi connectivity index (χ3n) is 5.61. The first-order valence-corrected chi connectivity index (χ1v) is 10.5. The number of hydrogen-bond acceptors (Lipinski definition) is 4. The number of aryl methyl sites for hydroxylation is 1. The van der Waals surface area contributed by atoms with Crippen LogP contribution in [-0.2, 0) is 11.3 Å². The largest absolute Gasteiger partial charge is 0.497 e. The van der Waals surface area contributed by atoms with Gasteiger partial charge in [0.05, 0.1) is 18.1 Å². The molecule has 3 aromatic carbocycles. The molecule has 6 nitrogen and oxygen atoms in total. The summed E-state index contributed by atoms with van der Waals surface area (Å²) in [5.74, 6) is 0.127. The lowest BCUT2D eigenvalue weighted by Crippen LogP contribution is -2.20. The summed E-state index contributed by atoms with van der Waals surface area (Å²) in [5.41, 5.74) is 4.50. The number of carbonyl (C=O) groups excluding carboxylic acids is 1. The normalized spacial score (nSPS) is 11.1. The van der Waals surface area contributed by atoms with E-state index in [0.717, 1.165) is 28.0 Å². The predicted molar refractivity (Wildman–Crippen MR) is 127 cm³/mol. The third-order valence-corrected chi connectivity index (χ3v) is 5.61. The number of pyridine rings is 1. The minimum Gasteiger partial charge on any atom is -0.497 e. The Labute approximate surface area is 189 Å². The fourth-order valence-electron chi connectivity index (χ4n) is 3.94. The van der Waals surface area contributed by atoms with Crippen LogP contribution in [-0.4, -0.2) is 27.8 Å². The van der Waals surface area contributed by atoms with Crippen molar-refractivity contribution < 1.29 is 13.9 Å². The van der Waals surface area contributed by atoms with Gasteiger partial charge in [-0.1, -0.05) is 18.2 Å². The van der Waals surface area contributed by atoms with Gasteiger partial charge in [0.2, 0.25) is 5.91 Å². The van der Waals surface area contributed by atoms with Crippen LogP contribution in [0, 0.1) is 12.7 Å². The number of hydrogen-bond donors (Lipinski definition) is 1. The summed E-state index contributed by atoms with van der Waals surface area (Å²) in [7, 11) is 1.61. The molecule has 0 saturated heterocycles. The van der Waals surface area contributed by atoms with Crippen LogP contribution in [0.1, 0.15) is 5.56 Å². The molecule has 0 unspecified atom stereocenters. The zero-order chi connectivity index (χ0) is 22.9. The number of carbonyl (C=O) groups is 1. The Balaban J connectivity index is 1.63. The zero-order valence-corrected chi connectivity index (χ0v) is 18.2. The van der Waals surface area contributed by atoms with E-state index >= 15 is 0 Å². The monoisotopic (exact) mass is 440 g/mol. The van der Waals surface area contributed by atoms with Gasteiger partial charge in [0, 0.05) is 28.2 Å². The Morgan fingerprint density at radius 3 is 2.61 bits per heavy atom. The zero-order valence-electron chi connectivity index (χ0n) is 18.2. The third kappa shape index (κ3) is 3.89. The second kappa shape index (κ2) is 8.35. The molecule has 0 saturated carbocycles. The molecule has 2 aromatic heterocycles. The standard InChI is InChI=1S/C26H21FN4O2/c1-16-5-3-4-6-22(16)29-24(32)15-31-26-20-13-18(27)9-12-23(20)28-14-21(26)25(30-31)17-7-10-19(33-2)11-8-17/h3-14H,15H2,1-2H3,(H,29,32). The quantitative estimate of drug-likeness (QED) is 0.400. The predicted octanol–water partition coefficient (Wildman–Crippen LogP) is 5.35. The topological polar surface area (TPSA) is 69.0 Å². The molecule has 0 aliphatic carbocycles. The molecule has 0 spiro atoms. The van der Waals surface area contributed by atoms with Crippen molar-refractivity contribution >= 4 is 33.4 Å². The van der Waals surface area contributed by atoms with Gasteiger partial charge in [0.25, 0.3) is 0 Å². The fraction of sp³-hybridized carbons (Fsp3) is 0.115. The summed E-state index contributed by atoms with van der Waals surface area (Å²) in [6.07, 6.45) is 1.72. The molecule has 1 amide bonds. The van der Waals surface area contributed by atoms with E-state index in [1.165, 1.54) is 12.1 Å². The van der Waals surface area contributed by atoms with Crippen molar-refractivity contribution in [3.05, 3.63) is 84.3 Å². The van der Waals surface area contributed by atoms with E-state index in [-0.39, 0.29) is 18.3 Å². The number of nitrogens with one attached hydrogen (secondary N) is 1. The number of para-hydroxylation sites is 1. The van der Waals surface area contributed by atoms with Crippen molar-refractivity contribution in [2.75, 3.05) is 12.4 Å². The van der Waals surface area contributed by atoms with Gasteiger partial charge in [-0.3, -0.25) is 14.5 Å². The second-order valence-corrected chi connectivity index (χ2v) is 7.78. The van der Waals surface area contributed by atoms with Gasteiger partial charge in [-0.05, 0) is 61.0 Å². The molecule has 164 valence electrons. The molecule has 0 bridgehead atoms. The summed E-state index contributed by atoms with van der Waals surface area (Å²) < 4.78 is 21.0. The lowest BCUT2D eigenvalue weighted by atomic mass is 10.1. The summed E-state index contributed by atoms with van der Waals surface area (Å²) in [6, 6.07) is 19.5. The number of halogens is 1. The highest BCUT2D eigenvalue weighted by Gasteiger charge is 2.18. The molecule has 0 radical (unpaired) electrons. The van der Waals surface area contributed by atoms with Gasteiger partial charge in [0.1, 0.15) is 23.8 Å². The molecule has 2 heterocycles. The Hall–Kier alpha value is -4.26. The number of fused-ring (bicyclic) bond motifs is 3. The lowest BCUT2D eigenvalue weighted by Gasteiger charge is -2.09. The highest BCUT2D eigenvalue weighted by Crippen LogP contribution is 2.33. The Morgan fingerprint density at radius 2 is 1.85 bits per heavy atom. The maximum absolute atomic E-state index is 14.2. The van der Waals surface area contributed by atoms with Crippen molar-refractivity contribution in [2.24, 2.45) is 0 Å². The van der Waals surface area contributed by atoms with E-state index in [0.29, 0.717) is 22.1 Å². The number of methoxy groups -OCH3 is 1. The number of ether oxygens (including phenoxy) is 1. The summed E-state index contributed by atoms with van der Waals surface area (Å²) in [4.78, 5) is 17.4. The van der Waals surface area contributed by atoms with Crippen LogP contribution in [0.4, 0.5) is 10.1 Å². The van der Waals surface area contributed by atoms with Gasteiger partial charge in [-0.2, -0.15) is 5.10 Å². The van der Waals surface area contributed by atoms with Gasteiger partial charge in [-0.15, -0.1) is 0 Å². The van der Waals surface area contributed by atoms with Gasteiger partial charge in [-0.25, -0.2) is 4.39 Å². The molecule has 0 fully saturated rings. The van der Waals surface area contributed by atoms with Gasteiger partial charge < -0.3 is 10.1 Å². The van der Waals surface area contributed by atoms with E-state index < -0.39 is 0 Å². The van der Waals surface area contributed by atoms with Crippen molar-refractivity contribution in [1.82, 2.24) is 14.8 Å². The highest BCUT2D eigenvalue weighted by atomic mass is 19.1. The highest BCUT2D eigenvalue weighted by molar-refractivity contribution is 6.08. The smallest absolute Gasteiger partial charge is 0.246 e. The maximum atomic E-state index is 14.2. The summed E-state index contributed by atoms with van der Waals surface area (Å²) in [5, 5.41) is 9.03. The number of rotatable bonds is 5. The second-order valence-electron chi connectivity index (χ2n) is 7.78. The molecule has 0 atom stereocenters. The number of benzene rings is 3. The molecule has 7 heteroatoms. The SMILES string of the molecule is COc1ccc(-c2nn(CC(=O)Nc3ccccc3C)c3c2cnc2ccc(F)cc23)cc1. The van der Waals surface area contributed by atoms with E-state index in [4.69, 9.17) is 9.84 Å². The molecule has 5 rings (SSSR count). The molecule has 0 aliphatic heterocycles. The van der Waals surface area contributed by atoms with Crippen LogP contribution < -0.4 is 10.1 Å². The van der Waals surface area contributed by atoms with Crippen LogP contribution in [0.5, 0.6) is 5.75 Å². The lowest BCUT2D eigenvalue weighted by molar-refractivity contribution is -0.116. The molecule has 0 aliphatic rings. The molecule has 5 aromatic rings. The molecular formula is C26H21FN4O2. The van der Waals surface area contributed by atoms with E-state index in [1.807, 2.05) is 55.5 Å². The van der Waals surface area contributed by atoms with Gasteiger partial charge in [0.15, 0.2) is 0 Å². The number of amides is 1. The summed E-state index contributed by atoms with van der Waals surface area (Å²) in [6.45, 7) is 1.90. The van der Waals surface area contributed by atoms with Gasteiger partial charge >= 0.3 is 0 Å². The maximum Gasteiger partial charge on any atom is 0.246 e. The van der Waals surface area contributed by atoms with Crippen LogP contribution in [0.25, 0.3) is 33.1 Å². The fourth-order valence-corrected chi connectivity index (χ4v) is 3.94. The Morgan fingerprint density at radius 1 is 1.06 bits per heavy atom. The minimum absolute atomic E-state index is 0.0311. The first-order valence-electron chi connectivity index (χ1n) is 10.5. The van der Waals surface area contributed by atoms with E-state index in [9.17, 15) is 9.18 Å². The summed E-state index contributed by atoms with van der Waals surface area (Å²) >= 11 is 0. The average Bonchev–Trinajstić information content (AvgIpc) is 3.19. The first-order chi connectivity index (χ1) is 16.0. The molecule has 33 heavy (non-hydrogen) atoms. The minimum atomic E-state index is -0.375. The number of nitrogens with zero attached hydrogens (tertiary/aromatic N) is 3. The average molecular weight is 440 g/mol. The number of aromatic nitrogens is 3. The molecular weight excluding hydrogens is 419 g/mol. The van der Waals surface area contributed by atoms with Crippen LogP contribution in [0.3, 0.4) is 0 Å². The van der Waals surface area contributed by atoms with Crippen molar-refractivity contribution in [2.45, 2.75) is 13.5 Å². The Kier molecular flexibility index (Phi) is 5.22. The van der Waals surface area contributed by atoms with Crippen LogP contribution >= 0.6 is 0 Å². The van der Waals surface area contributed by atoms with E-state index in [2.05, 4.69) is 10.3 Å². The van der Waals surface area contributed by atoms with Crippen LogP contribution in [0.15, 0.2) is 72.9 Å².